The molecule has 4 rings (SSSR count). The second-order valence-electron chi connectivity index (χ2n) is 7.39. The highest BCUT2D eigenvalue weighted by molar-refractivity contribution is 7.16. The van der Waals surface area contributed by atoms with Crippen LogP contribution in [-0.4, -0.2) is 34.8 Å². The molecule has 1 fully saturated rings. The monoisotopic (exact) mass is 387 g/mol. The number of hydrogen-bond donors (Lipinski definition) is 1. The predicted molar refractivity (Wildman–Crippen MR) is 103 cm³/mol. The number of piperidine rings is 1. The molecule has 0 radical (unpaired) electrons. The summed E-state index contributed by atoms with van der Waals surface area (Å²) in [7, 11) is 0. The molecule has 2 heterocycles. The minimum Gasteiger partial charge on any atom is -0.342 e. The summed E-state index contributed by atoms with van der Waals surface area (Å²) in [6.45, 7) is 3.88. The number of fused-ring (bicyclic) bond motifs is 1. The quantitative estimate of drug-likeness (QED) is 0.871. The minimum absolute atomic E-state index is 0.169. The van der Waals surface area contributed by atoms with Crippen LogP contribution < -0.4 is 5.32 Å². The number of thiazole rings is 1. The zero-order valence-electron chi connectivity index (χ0n) is 15.2. The van der Waals surface area contributed by atoms with Gasteiger partial charge in [-0.25, -0.2) is 9.37 Å². The van der Waals surface area contributed by atoms with Crippen LogP contribution >= 0.6 is 11.3 Å². The molecule has 2 aliphatic rings. The van der Waals surface area contributed by atoms with Crippen molar-refractivity contribution in [2.24, 2.45) is 5.92 Å². The molecule has 2 amide bonds. The van der Waals surface area contributed by atoms with Gasteiger partial charge in [-0.3, -0.25) is 14.9 Å². The van der Waals surface area contributed by atoms with Gasteiger partial charge in [-0.2, -0.15) is 0 Å². The van der Waals surface area contributed by atoms with Crippen molar-refractivity contribution in [2.75, 3.05) is 18.4 Å². The first-order valence-electron chi connectivity index (χ1n) is 9.36. The third-order valence-corrected chi connectivity index (χ3v) is 6.48. The number of nitrogens with one attached hydrogen (secondary N) is 1. The minimum atomic E-state index is -0.381. The summed E-state index contributed by atoms with van der Waals surface area (Å²) in [6.07, 6.45) is 3.73. The summed E-state index contributed by atoms with van der Waals surface area (Å²) in [4.78, 5) is 32.8. The van der Waals surface area contributed by atoms with E-state index in [0.717, 1.165) is 49.3 Å². The molecule has 27 heavy (non-hydrogen) atoms. The van der Waals surface area contributed by atoms with E-state index in [9.17, 15) is 14.0 Å². The fraction of sp³-hybridized carbons (Fsp3) is 0.450. The van der Waals surface area contributed by atoms with E-state index in [0.29, 0.717) is 16.6 Å². The van der Waals surface area contributed by atoms with Gasteiger partial charge >= 0.3 is 0 Å². The molecule has 7 heteroatoms. The first kappa shape index (κ1) is 18.1. The van der Waals surface area contributed by atoms with Crippen LogP contribution in [0.4, 0.5) is 9.52 Å². The molecule has 1 N–H and O–H groups in total. The molecular weight excluding hydrogens is 365 g/mol. The maximum absolute atomic E-state index is 13.0. The molecule has 1 unspecified atom stereocenters. The van der Waals surface area contributed by atoms with Gasteiger partial charge in [0.15, 0.2) is 5.13 Å². The SMILES string of the molecule is CC1CCN(C(=O)C2CCc3sc(NC(=O)c4ccc(F)cc4)nc32)CC1. The Balaban J connectivity index is 1.45. The van der Waals surface area contributed by atoms with Crippen molar-refractivity contribution in [1.29, 1.82) is 0 Å². The number of aromatic nitrogens is 1. The lowest BCUT2D eigenvalue weighted by Gasteiger charge is -2.32. The van der Waals surface area contributed by atoms with E-state index in [4.69, 9.17) is 0 Å². The Morgan fingerprint density at radius 1 is 1.19 bits per heavy atom. The van der Waals surface area contributed by atoms with Crippen LogP contribution in [0, 0.1) is 11.7 Å². The third-order valence-electron chi connectivity index (χ3n) is 5.44. The predicted octanol–water partition coefficient (Wildman–Crippen LogP) is 3.82. The van der Waals surface area contributed by atoms with Crippen molar-refractivity contribution < 1.29 is 14.0 Å². The Morgan fingerprint density at radius 3 is 2.59 bits per heavy atom. The van der Waals surface area contributed by atoms with Crippen molar-refractivity contribution in [3.8, 4) is 0 Å². The van der Waals surface area contributed by atoms with Crippen molar-refractivity contribution in [2.45, 2.75) is 38.5 Å². The van der Waals surface area contributed by atoms with Gasteiger partial charge in [0.25, 0.3) is 5.91 Å². The Labute approximate surface area is 161 Å². The lowest BCUT2D eigenvalue weighted by atomic mass is 9.97. The van der Waals surface area contributed by atoms with Gasteiger partial charge in [-0.05, 0) is 55.9 Å². The maximum Gasteiger partial charge on any atom is 0.257 e. The highest BCUT2D eigenvalue weighted by Gasteiger charge is 2.36. The normalized spacial score (nSPS) is 19.8. The molecule has 5 nitrogen and oxygen atoms in total. The topological polar surface area (TPSA) is 62.3 Å². The van der Waals surface area contributed by atoms with E-state index >= 15 is 0 Å². The number of nitrogens with zero attached hydrogens (tertiary/aromatic N) is 2. The summed E-state index contributed by atoms with van der Waals surface area (Å²) in [5.74, 6) is -0.0483. The number of rotatable bonds is 3. The molecule has 1 aromatic carbocycles. The summed E-state index contributed by atoms with van der Waals surface area (Å²) in [5.41, 5.74) is 1.19. The highest BCUT2D eigenvalue weighted by atomic mass is 32.1. The second kappa shape index (κ2) is 7.38. The largest absolute Gasteiger partial charge is 0.342 e. The summed E-state index contributed by atoms with van der Waals surface area (Å²) in [5, 5.41) is 3.27. The van der Waals surface area contributed by atoms with E-state index in [-0.39, 0.29) is 23.5 Å². The summed E-state index contributed by atoms with van der Waals surface area (Å²) >= 11 is 1.43. The molecule has 2 aromatic rings. The van der Waals surface area contributed by atoms with E-state index in [1.54, 1.807) is 0 Å². The number of amides is 2. The van der Waals surface area contributed by atoms with Crippen molar-refractivity contribution >= 4 is 28.3 Å². The summed E-state index contributed by atoms with van der Waals surface area (Å²) < 4.78 is 13.0. The number of aryl methyl sites for hydroxylation is 1. The Bertz CT molecular complexity index is 857. The number of carbonyl (C=O) groups excluding carboxylic acids is 2. The van der Waals surface area contributed by atoms with E-state index in [1.807, 2.05) is 4.90 Å². The average molecular weight is 387 g/mol. The van der Waals surface area contributed by atoms with Gasteiger partial charge < -0.3 is 4.90 Å². The van der Waals surface area contributed by atoms with Crippen LogP contribution in [0.1, 0.15) is 53.0 Å². The molecule has 0 bridgehead atoms. The lowest BCUT2D eigenvalue weighted by Crippen LogP contribution is -2.40. The highest BCUT2D eigenvalue weighted by Crippen LogP contribution is 2.39. The number of hydrogen-bond acceptors (Lipinski definition) is 4. The van der Waals surface area contributed by atoms with Crippen LogP contribution in [0.2, 0.25) is 0 Å². The molecule has 1 aromatic heterocycles. The lowest BCUT2D eigenvalue weighted by molar-refractivity contribution is -0.134. The number of halogens is 1. The van der Waals surface area contributed by atoms with Crippen LogP contribution in [0.25, 0.3) is 0 Å². The molecule has 0 spiro atoms. The number of benzene rings is 1. The zero-order chi connectivity index (χ0) is 19.0. The second-order valence-corrected chi connectivity index (χ2v) is 8.47. The van der Waals surface area contributed by atoms with Gasteiger partial charge in [0, 0.05) is 23.5 Å². The van der Waals surface area contributed by atoms with Crippen LogP contribution in [0.5, 0.6) is 0 Å². The van der Waals surface area contributed by atoms with Gasteiger partial charge in [-0.15, -0.1) is 11.3 Å². The Morgan fingerprint density at radius 2 is 1.89 bits per heavy atom. The first-order valence-corrected chi connectivity index (χ1v) is 10.2. The number of carbonyl (C=O) groups is 2. The van der Waals surface area contributed by atoms with Crippen LogP contribution in [0.3, 0.4) is 0 Å². The first-order chi connectivity index (χ1) is 13.0. The number of anilines is 1. The molecule has 1 aliphatic carbocycles. The smallest absolute Gasteiger partial charge is 0.257 e. The number of likely N-dealkylation sites (tertiary alicyclic amines) is 1. The molecule has 1 atom stereocenters. The van der Waals surface area contributed by atoms with Gasteiger partial charge in [0.1, 0.15) is 5.82 Å². The van der Waals surface area contributed by atoms with Crippen molar-refractivity contribution in [3.63, 3.8) is 0 Å². The standard InChI is InChI=1S/C20H22FN3O2S/c1-12-8-10-24(11-9-12)19(26)15-6-7-16-17(15)22-20(27-16)23-18(25)13-2-4-14(21)5-3-13/h2-5,12,15H,6-11H2,1H3,(H,22,23,25). The van der Waals surface area contributed by atoms with Crippen LogP contribution in [0.15, 0.2) is 24.3 Å². The Hall–Kier alpha value is -2.28. The van der Waals surface area contributed by atoms with Crippen molar-refractivity contribution in [3.05, 3.63) is 46.2 Å². The van der Waals surface area contributed by atoms with Gasteiger partial charge in [0.2, 0.25) is 5.91 Å². The molecule has 1 saturated heterocycles. The van der Waals surface area contributed by atoms with Crippen molar-refractivity contribution in [1.82, 2.24) is 9.88 Å². The summed E-state index contributed by atoms with van der Waals surface area (Å²) in [6, 6.07) is 5.39. The maximum atomic E-state index is 13.0. The zero-order valence-corrected chi connectivity index (χ0v) is 16.0. The Kier molecular flexibility index (Phi) is 4.95. The van der Waals surface area contributed by atoms with Gasteiger partial charge in [-0.1, -0.05) is 6.92 Å². The van der Waals surface area contributed by atoms with Crippen LogP contribution in [-0.2, 0) is 11.2 Å². The molecular formula is C20H22FN3O2S. The van der Waals surface area contributed by atoms with E-state index in [1.165, 1.54) is 35.6 Å². The fourth-order valence-electron chi connectivity index (χ4n) is 3.74. The molecule has 142 valence electrons. The van der Waals surface area contributed by atoms with E-state index in [2.05, 4.69) is 17.2 Å². The molecule has 0 saturated carbocycles. The average Bonchev–Trinajstić information content (AvgIpc) is 3.22. The van der Waals surface area contributed by atoms with Gasteiger partial charge in [0.05, 0.1) is 11.6 Å². The third kappa shape index (κ3) is 3.74. The molecule has 1 aliphatic heterocycles. The van der Waals surface area contributed by atoms with E-state index < -0.39 is 0 Å². The fourth-order valence-corrected chi connectivity index (χ4v) is 4.77.